The van der Waals surface area contributed by atoms with Crippen molar-refractivity contribution in [1.82, 2.24) is 25.5 Å². The molecular formula is C13H17N5O. The Labute approximate surface area is 111 Å². The van der Waals surface area contributed by atoms with E-state index in [1.54, 1.807) is 6.20 Å². The van der Waals surface area contributed by atoms with E-state index in [-0.39, 0.29) is 17.8 Å². The average Bonchev–Trinajstić information content (AvgIpc) is 2.89. The zero-order valence-corrected chi connectivity index (χ0v) is 11.1. The van der Waals surface area contributed by atoms with Crippen molar-refractivity contribution in [3.8, 4) is 0 Å². The number of nitrogens with one attached hydrogen (secondary N) is 2. The lowest BCUT2D eigenvalue weighted by Crippen LogP contribution is -2.28. The van der Waals surface area contributed by atoms with Crippen molar-refractivity contribution in [1.29, 1.82) is 0 Å². The molecule has 6 nitrogen and oxygen atoms in total. The summed E-state index contributed by atoms with van der Waals surface area (Å²) in [6.45, 7) is 3.92. The van der Waals surface area contributed by atoms with Gasteiger partial charge in [0.25, 0.3) is 5.91 Å². The van der Waals surface area contributed by atoms with Crippen molar-refractivity contribution in [2.75, 3.05) is 0 Å². The lowest BCUT2D eigenvalue weighted by molar-refractivity contribution is 0.0929. The third kappa shape index (κ3) is 3.37. The van der Waals surface area contributed by atoms with Crippen molar-refractivity contribution in [2.45, 2.75) is 32.7 Å². The summed E-state index contributed by atoms with van der Waals surface area (Å²) in [5.41, 5.74) is 0.806. The number of H-pyrrole nitrogens is 1. The lowest BCUT2D eigenvalue weighted by atomic mass is 10.2. The largest absolute Gasteiger partial charge is 0.341 e. The molecule has 0 saturated carbocycles. The van der Waals surface area contributed by atoms with Gasteiger partial charge in [0.2, 0.25) is 5.82 Å². The first kappa shape index (κ1) is 13.2. The fourth-order valence-electron chi connectivity index (χ4n) is 1.71. The molecule has 0 aliphatic rings. The second kappa shape index (κ2) is 6.08. The highest BCUT2D eigenvalue weighted by molar-refractivity contribution is 5.90. The van der Waals surface area contributed by atoms with Gasteiger partial charge in [0.15, 0.2) is 0 Å². The predicted octanol–water partition coefficient (Wildman–Crippen LogP) is 1.64. The van der Waals surface area contributed by atoms with Crippen LogP contribution in [-0.4, -0.2) is 26.1 Å². The molecule has 2 N–H and O–H groups in total. The number of pyridine rings is 1. The Bertz CT molecular complexity index is 537. The Hall–Kier alpha value is -2.24. The molecule has 1 atom stereocenters. The van der Waals surface area contributed by atoms with E-state index in [0.29, 0.717) is 0 Å². The third-order valence-electron chi connectivity index (χ3n) is 2.70. The van der Waals surface area contributed by atoms with E-state index in [1.807, 2.05) is 32.0 Å². The molecule has 0 bridgehead atoms. The zero-order chi connectivity index (χ0) is 13.7. The molecule has 2 aromatic rings. The first-order chi connectivity index (χ1) is 9.20. The number of carbonyl (C=O) groups is 1. The van der Waals surface area contributed by atoms with Crippen LogP contribution in [0.2, 0.25) is 0 Å². The van der Waals surface area contributed by atoms with Crippen LogP contribution >= 0.6 is 0 Å². The van der Waals surface area contributed by atoms with Crippen molar-refractivity contribution in [3.63, 3.8) is 0 Å². The summed E-state index contributed by atoms with van der Waals surface area (Å²) >= 11 is 0. The number of amides is 1. The van der Waals surface area contributed by atoms with Crippen molar-refractivity contribution >= 4 is 5.91 Å². The second-order valence-corrected chi connectivity index (χ2v) is 4.31. The Morgan fingerprint density at radius 3 is 3.00 bits per heavy atom. The molecule has 0 aliphatic carbocycles. The molecule has 100 valence electrons. The minimum Gasteiger partial charge on any atom is -0.341 e. The summed E-state index contributed by atoms with van der Waals surface area (Å²) in [5, 5.41) is 9.50. The SMILES string of the molecule is CCCc1nc(C(=O)NC(C)c2ccccn2)n[nH]1. The highest BCUT2D eigenvalue weighted by Gasteiger charge is 2.16. The smallest absolute Gasteiger partial charge is 0.291 e. The third-order valence-corrected chi connectivity index (χ3v) is 2.70. The fraction of sp³-hybridized carbons (Fsp3) is 0.385. The Balaban J connectivity index is 2.00. The molecular weight excluding hydrogens is 242 g/mol. The maximum Gasteiger partial charge on any atom is 0.291 e. The van der Waals surface area contributed by atoms with Crippen LogP contribution in [0.25, 0.3) is 0 Å². The van der Waals surface area contributed by atoms with Gasteiger partial charge in [0, 0.05) is 12.6 Å². The number of hydrogen-bond acceptors (Lipinski definition) is 4. The van der Waals surface area contributed by atoms with Gasteiger partial charge < -0.3 is 5.32 Å². The predicted molar refractivity (Wildman–Crippen MR) is 70.5 cm³/mol. The molecule has 0 aromatic carbocycles. The quantitative estimate of drug-likeness (QED) is 0.855. The number of rotatable bonds is 5. The number of aromatic amines is 1. The topological polar surface area (TPSA) is 83.6 Å². The molecule has 0 spiro atoms. The summed E-state index contributed by atoms with van der Waals surface area (Å²) < 4.78 is 0. The van der Waals surface area contributed by atoms with Gasteiger partial charge in [-0.15, -0.1) is 5.10 Å². The Kier molecular flexibility index (Phi) is 4.22. The van der Waals surface area contributed by atoms with E-state index >= 15 is 0 Å². The second-order valence-electron chi connectivity index (χ2n) is 4.31. The fourth-order valence-corrected chi connectivity index (χ4v) is 1.71. The summed E-state index contributed by atoms with van der Waals surface area (Å²) in [7, 11) is 0. The molecule has 1 unspecified atom stereocenters. The van der Waals surface area contributed by atoms with E-state index in [9.17, 15) is 4.79 Å². The maximum atomic E-state index is 12.0. The summed E-state index contributed by atoms with van der Waals surface area (Å²) in [5.74, 6) is 0.612. The van der Waals surface area contributed by atoms with Gasteiger partial charge in [0.05, 0.1) is 11.7 Å². The van der Waals surface area contributed by atoms with Gasteiger partial charge in [0.1, 0.15) is 5.82 Å². The van der Waals surface area contributed by atoms with Gasteiger partial charge >= 0.3 is 0 Å². The summed E-state index contributed by atoms with van der Waals surface area (Å²) in [6.07, 6.45) is 3.45. The van der Waals surface area contributed by atoms with Crippen molar-refractivity contribution < 1.29 is 4.79 Å². The molecule has 0 saturated heterocycles. The monoisotopic (exact) mass is 259 g/mol. The van der Waals surface area contributed by atoms with E-state index in [1.165, 1.54) is 0 Å². The molecule has 1 amide bonds. The molecule has 2 rings (SSSR count). The van der Waals surface area contributed by atoms with Crippen LogP contribution in [-0.2, 0) is 6.42 Å². The molecule has 2 aromatic heterocycles. The highest BCUT2D eigenvalue weighted by atomic mass is 16.2. The number of aromatic nitrogens is 4. The van der Waals surface area contributed by atoms with Gasteiger partial charge in [-0.25, -0.2) is 4.98 Å². The van der Waals surface area contributed by atoms with Gasteiger partial charge in [-0.05, 0) is 25.5 Å². The zero-order valence-electron chi connectivity index (χ0n) is 11.1. The standard InChI is InChI=1S/C13H17N5O/c1-3-6-11-16-12(18-17-11)13(19)15-9(2)10-7-4-5-8-14-10/h4-5,7-9H,3,6H2,1-2H3,(H,15,19)(H,16,17,18). The number of carbonyl (C=O) groups excluding carboxylic acids is 1. The normalized spacial score (nSPS) is 12.1. The van der Waals surface area contributed by atoms with Crippen LogP contribution < -0.4 is 5.32 Å². The molecule has 6 heteroatoms. The molecule has 0 fully saturated rings. The Morgan fingerprint density at radius 1 is 1.47 bits per heavy atom. The molecule has 0 aliphatic heterocycles. The number of hydrogen-bond donors (Lipinski definition) is 2. The molecule has 0 radical (unpaired) electrons. The van der Waals surface area contributed by atoms with Gasteiger partial charge in [-0.3, -0.25) is 14.9 Å². The van der Waals surface area contributed by atoms with Crippen molar-refractivity contribution in [3.05, 3.63) is 41.7 Å². The van der Waals surface area contributed by atoms with Crippen LogP contribution in [0.5, 0.6) is 0 Å². The summed E-state index contributed by atoms with van der Waals surface area (Å²) in [4.78, 5) is 20.3. The van der Waals surface area contributed by atoms with Crippen LogP contribution in [0, 0.1) is 0 Å². The van der Waals surface area contributed by atoms with Gasteiger partial charge in [-0.1, -0.05) is 13.0 Å². The lowest BCUT2D eigenvalue weighted by Gasteiger charge is -2.11. The van der Waals surface area contributed by atoms with Crippen LogP contribution in [0.1, 0.15) is 48.4 Å². The maximum absolute atomic E-state index is 12.0. The van der Waals surface area contributed by atoms with E-state index < -0.39 is 0 Å². The highest BCUT2D eigenvalue weighted by Crippen LogP contribution is 2.08. The number of aryl methyl sites for hydroxylation is 1. The summed E-state index contributed by atoms with van der Waals surface area (Å²) in [6, 6.07) is 5.41. The van der Waals surface area contributed by atoms with E-state index in [4.69, 9.17) is 0 Å². The minimum absolute atomic E-state index is 0.172. The van der Waals surface area contributed by atoms with Crippen LogP contribution in [0.3, 0.4) is 0 Å². The van der Waals surface area contributed by atoms with E-state index in [0.717, 1.165) is 24.4 Å². The Morgan fingerprint density at radius 2 is 2.32 bits per heavy atom. The minimum atomic E-state index is -0.295. The van der Waals surface area contributed by atoms with Gasteiger partial charge in [-0.2, -0.15) is 0 Å². The first-order valence-corrected chi connectivity index (χ1v) is 6.33. The van der Waals surface area contributed by atoms with Crippen LogP contribution in [0.4, 0.5) is 0 Å². The average molecular weight is 259 g/mol. The first-order valence-electron chi connectivity index (χ1n) is 6.33. The van der Waals surface area contributed by atoms with Crippen molar-refractivity contribution in [2.24, 2.45) is 0 Å². The van der Waals surface area contributed by atoms with E-state index in [2.05, 4.69) is 25.5 Å². The molecule has 2 heterocycles. The molecule has 19 heavy (non-hydrogen) atoms. The van der Waals surface area contributed by atoms with Crippen LogP contribution in [0.15, 0.2) is 24.4 Å². The number of nitrogens with zero attached hydrogens (tertiary/aromatic N) is 3.